The first-order valence-electron chi connectivity index (χ1n) is 8.97. The standard InChI is InChI=1S/C23H12F2N4/c1-23-5-4-13(25)7-20(23)22(29-11-27)18-8-15-14-3-2-12(24)6-16(14)21(28-10-26)17(15)9-19(18)23/h2-9,20H,1H3/b28-21+,29-22-. The van der Waals surface area contributed by atoms with Crippen molar-refractivity contribution in [2.75, 3.05) is 0 Å². The summed E-state index contributed by atoms with van der Waals surface area (Å²) in [4.78, 5) is 7.96. The molecule has 0 saturated carbocycles. The van der Waals surface area contributed by atoms with Crippen molar-refractivity contribution in [3.8, 4) is 23.5 Å². The number of benzene rings is 2. The van der Waals surface area contributed by atoms with Crippen LogP contribution in [0, 0.1) is 34.6 Å². The number of nitriles is 2. The van der Waals surface area contributed by atoms with Gasteiger partial charge in [0.1, 0.15) is 11.6 Å². The largest absolute Gasteiger partial charge is 0.207 e. The van der Waals surface area contributed by atoms with Crippen LogP contribution in [-0.2, 0) is 5.41 Å². The highest BCUT2D eigenvalue weighted by atomic mass is 19.1. The van der Waals surface area contributed by atoms with Gasteiger partial charge in [-0.05, 0) is 53.1 Å². The first kappa shape index (κ1) is 17.2. The molecule has 3 aliphatic carbocycles. The summed E-state index contributed by atoms with van der Waals surface area (Å²) in [5, 5.41) is 18.4. The fourth-order valence-electron chi connectivity index (χ4n) is 4.65. The minimum atomic E-state index is -0.590. The lowest BCUT2D eigenvalue weighted by atomic mass is 9.73. The molecule has 2 atom stereocenters. The van der Waals surface area contributed by atoms with Gasteiger partial charge in [0.25, 0.3) is 0 Å². The number of allylic oxidation sites excluding steroid dienone is 4. The molecule has 0 radical (unpaired) electrons. The van der Waals surface area contributed by atoms with E-state index < -0.39 is 17.2 Å². The minimum Gasteiger partial charge on any atom is -0.207 e. The molecule has 2 aromatic rings. The topological polar surface area (TPSA) is 72.3 Å². The van der Waals surface area contributed by atoms with Crippen molar-refractivity contribution >= 4 is 11.4 Å². The number of halogens is 2. The van der Waals surface area contributed by atoms with Crippen LogP contribution in [0.5, 0.6) is 0 Å². The maximum atomic E-state index is 14.0. The summed E-state index contributed by atoms with van der Waals surface area (Å²) in [7, 11) is 0. The number of fused-ring (bicyclic) bond motifs is 6. The molecule has 3 aliphatic rings. The molecule has 0 amide bonds. The molecule has 0 saturated heterocycles. The van der Waals surface area contributed by atoms with Gasteiger partial charge in [-0.1, -0.05) is 19.1 Å². The monoisotopic (exact) mass is 382 g/mol. The summed E-state index contributed by atoms with van der Waals surface area (Å²) in [6.07, 6.45) is 8.31. The zero-order valence-electron chi connectivity index (χ0n) is 15.2. The Morgan fingerprint density at radius 2 is 1.69 bits per heavy atom. The predicted molar refractivity (Wildman–Crippen MR) is 104 cm³/mol. The molecule has 2 aromatic carbocycles. The molecule has 0 fully saturated rings. The molecule has 0 aliphatic heterocycles. The lowest BCUT2D eigenvalue weighted by Crippen LogP contribution is -2.29. The predicted octanol–water partition coefficient (Wildman–Crippen LogP) is 4.71. The molecule has 0 heterocycles. The maximum Gasteiger partial charge on any atom is 0.206 e. The lowest BCUT2D eigenvalue weighted by molar-refractivity contribution is 0.517. The molecule has 0 aromatic heterocycles. The van der Waals surface area contributed by atoms with Crippen LogP contribution in [0.1, 0.15) is 29.2 Å². The third kappa shape index (κ3) is 2.20. The second-order valence-electron chi connectivity index (χ2n) is 7.44. The van der Waals surface area contributed by atoms with Crippen LogP contribution in [-0.4, -0.2) is 11.4 Å². The summed E-state index contributed by atoms with van der Waals surface area (Å²) < 4.78 is 27.9. The van der Waals surface area contributed by atoms with E-state index in [-0.39, 0.29) is 5.83 Å². The summed E-state index contributed by atoms with van der Waals surface area (Å²) in [6, 6.07) is 8.18. The van der Waals surface area contributed by atoms with Crippen LogP contribution < -0.4 is 0 Å². The van der Waals surface area contributed by atoms with Gasteiger partial charge in [-0.25, -0.2) is 8.78 Å². The molecule has 0 N–H and O–H groups in total. The molecular formula is C23H12F2N4. The van der Waals surface area contributed by atoms with Gasteiger partial charge in [0, 0.05) is 28.0 Å². The van der Waals surface area contributed by atoms with E-state index >= 15 is 0 Å². The summed E-state index contributed by atoms with van der Waals surface area (Å²) in [5.41, 5.74) is 4.75. The third-order valence-corrected chi connectivity index (χ3v) is 5.98. The lowest BCUT2D eigenvalue weighted by Gasteiger charge is -2.29. The van der Waals surface area contributed by atoms with Crippen LogP contribution >= 0.6 is 0 Å². The van der Waals surface area contributed by atoms with Gasteiger partial charge in [-0.3, -0.25) is 0 Å². The second kappa shape index (κ2) is 5.80. The Hall–Kier alpha value is -3.90. The van der Waals surface area contributed by atoms with Crippen molar-refractivity contribution in [2.45, 2.75) is 12.3 Å². The number of nitrogens with zero attached hydrogens (tertiary/aromatic N) is 4. The zero-order valence-corrected chi connectivity index (χ0v) is 15.2. The highest BCUT2D eigenvalue weighted by molar-refractivity contribution is 6.26. The van der Waals surface area contributed by atoms with E-state index in [2.05, 4.69) is 9.98 Å². The summed E-state index contributed by atoms with van der Waals surface area (Å²) in [5.74, 6) is -1.19. The summed E-state index contributed by atoms with van der Waals surface area (Å²) in [6.45, 7) is 1.96. The first-order chi connectivity index (χ1) is 14.0. The normalized spacial score (nSPS) is 25.7. The van der Waals surface area contributed by atoms with Gasteiger partial charge in [-0.2, -0.15) is 20.5 Å². The molecule has 0 bridgehead atoms. The van der Waals surface area contributed by atoms with Crippen LogP contribution in [0.25, 0.3) is 11.1 Å². The average Bonchev–Trinajstić information content (AvgIpc) is 3.12. The third-order valence-electron chi connectivity index (χ3n) is 5.98. The molecule has 4 nitrogen and oxygen atoms in total. The Labute approximate surface area is 165 Å². The van der Waals surface area contributed by atoms with Crippen molar-refractivity contribution < 1.29 is 8.78 Å². The second-order valence-corrected chi connectivity index (χ2v) is 7.44. The van der Waals surface area contributed by atoms with Gasteiger partial charge in [-0.15, -0.1) is 0 Å². The van der Waals surface area contributed by atoms with Crippen molar-refractivity contribution in [3.63, 3.8) is 0 Å². The van der Waals surface area contributed by atoms with Crippen LogP contribution in [0.15, 0.2) is 64.4 Å². The van der Waals surface area contributed by atoms with E-state index in [9.17, 15) is 19.3 Å². The van der Waals surface area contributed by atoms with E-state index in [1.165, 1.54) is 24.3 Å². The fraction of sp³-hybridized carbons (Fsp3) is 0.130. The average molecular weight is 382 g/mol. The number of hydrogen-bond donors (Lipinski definition) is 0. The molecule has 2 unspecified atom stereocenters. The Kier molecular flexibility index (Phi) is 3.44. The molecular weight excluding hydrogens is 370 g/mol. The van der Waals surface area contributed by atoms with Gasteiger partial charge < -0.3 is 0 Å². The van der Waals surface area contributed by atoms with Crippen molar-refractivity contribution in [2.24, 2.45) is 15.9 Å². The molecule has 138 valence electrons. The van der Waals surface area contributed by atoms with E-state index in [0.717, 1.165) is 22.3 Å². The van der Waals surface area contributed by atoms with Gasteiger partial charge >= 0.3 is 0 Å². The smallest absolute Gasteiger partial charge is 0.206 e. The van der Waals surface area contributed by atoms with E-state index in [0.29, 0.717) is 22.6 Å². The van der Waals surface area contributed by atoms with Crippen molar-refractivity contribution in [3.05, 3.63) is 82.5 Å². The van der Waals surface area contributed by atoms with Gasteiger partial charge in [0.2, 0.25) is 12.4 Å². The van der Waals surface area contributed by atoms with Crippen LogP contribution in [0.4, 0.5) is 8.78 Å². The van der Waals surface area contributed by atoms with E-state index in [1.54, 1.807) is 18.3 Å². The minimum absolute atomic E-state index is 0.369. The van der Waals surface area contributed by atoms with E-state index in [1.807, 2.05) is 25.2 Å². The highest BCUT2D eigenvalue weighted by Gasteiger charge is 2.47. The quantitative estimate of drug-likeness (QED) is 0.529. The Balaban J connectivity index is 1.84. The molecule has 5 rings (SSSR count). The SMILES string of the molecule is CC12C=CC(F)=CC1/C(=N\C#N)c1cc3c(cc12)/C(=N/C#N)c1cc(F)ccc1-3. The number of hydrogen-bond acceptors (Lipinski definition) is 4. The summed E-state index contributed by atoms with van der Waals surface area (Å²) >= 11 is 0. The van der Waals surface area contributed by atoms with Gasteiger partial charge in [0.15, 0.2) is 0 Å². The van der Waals surface area contributed by atoms with Crippen LogP contribution in [0.3, 0.4) is 0 Å². The Bertz CT molecular complexity index is 1320. The number of aliphatic imine (C=N–C) groups is 2. The van der Waals surface area contributed by atoms with Crippen molar-refractivity contribution in [1.82, 2.24) is 0 Å². The van der Waals surface area contributed by atoms with Crippen molar-refractivity contribution in [1.29, 1.82) is 10.5 Å². The Morgan fingerprint density at radius 1 is 0.931 bits per heavy atom. The van der Waals surface area contributed by atoms with E-state index in [4.69, 9.17) is 0 Å². The molecule has 0 spiro atoms. The van der Waals surface area contributed by atoms with Gasteiger partial charge in [0.05, 0.1) is 11.4 Å². The zero-order chi connectivity index (χ0) is 20.3. The maximum absolute atomic E-state index is 14.0. The highest BCUT2D eigenvalue weighted by Crippen LogP contribution is 2.51. The molecule has 29 heavy (non-hydrogen) atoms. The van der Waals surface area contributed by atoms with Crippen LogP contribution in [0.2, 0.25) is 0 Å². The molecule has 6 heteroatoms. The fourth-order valence-corrected chi connectivity index (χ4v) is 4.65. The number of rotatable bonds is 0. The first-order valence-corrected chi connectivity index (χ1v) is 8.97. The Morgan fingerprint density at radius 3 is 2.45 bits per heavy atom.